The molecule has 0 aliphatic heterocycles. The molecule has 1 aromatic heterocycles. The number of rotatable bonds is 2. The Bertz CT molecular complexity index is 827. The molecule has 0 atom stereocenters. The maximum Gasteiger partial charge on any atom is 0.119 e. The normalized spacial score (nSPS) is 14.1. The van der Waals surface area contributed by atoms with E-state index in [2.05, 4.69) is 54.0 Å². The number of fused-ring (bicyclic) bond motifs is 3. The monoisotopic (exact) mass is 291 g/mol. The molecule has 0 fully saturated rings. The second-order valence-electron chi connectivity index (χ2n) is 6.19. The Morgan fingerprint density at radius 2 is 1.73 bits per heavy atom. The summed E-state index contributed by atoms with van der Waals surface area (Å²) in [5.41, 5.74) is 6.87. The number of nitrogens with zero attached hydrogens (tertiary/aromatic N) is 1. The number of hydrogen-bond acceptors (Lipinski definition) is 1. The maximum atomic E-state index is 5.43. The lowest BCUT2D eigenvalue weighted by molar-refractivity contribution is 0.415. The minimum Gasteiger partial charge on any atom is -0.497 e. The highest BCUT2D eigenvalue weighted by molar-refractivity contribution is 5.89. The van der Waals surface area contributed by atoms with Crippen LogP contribution in [0.5, 0.6) is 5.75 Å². The molecule has 2 aromatic carbocycles. The van der Waals surface area contributed by atoms with Crippen LogP contribution >= 0.6 is 0 Å². The van der Waals surface area contributed by atoms with E-state index >= 15 is 0 Å². The topological polar surface area (TPSA) is 14.2 Å². The molecule has 0 amide bonds. The van der Waals surface area contributed by atoms with Crippen molar-refractivity contribution in [3.05, 3.63) is 59.3 Å². The van der Waals surface area contributed by atoms with E-state index in [1.807, 2.05) is 0 Å². The van der Waals surface area contributed by atoms with Crippen LogP contribution in [0.15, 0.2) is 42.5 Å². The fraction of sp³-hybridized carbons (Fsp3) is 0.300. The molecule has 1 aliphatic rings. The molecule has 0 spiro atoms. The molecule has 112 valence electrons. The highest BCUT2D eigenvalue weighted by Crippen LogP contribution is 2.36. The Labute approximate surface area is 131 Å². The SMILES string of the molecule is COc1ccc2c(c1)c1c(n2-c2ccc(C)cc2)CCCC1. The molecular weight excluding hydrogens is 270 g/mol. The van der Waals surface area contributed by atoms with E-state index in [-0.39, 0.29) is 0 Å². The largest absolute Gasteiger partial charge is 0.497 e. The molecule has 22 heavy (non-hydrogen) atoms. The fourth-order valence-electron chi connectivity index (χ4n) is 3.64. The predicted octanol–water partition coefficient (Wildman–Crippen LogP) is 4.83. The Kier molecular flexibility index (Phi) is 3.18. The van der Waals surface area contributed by atoms with E-state index in [0.29, 0.717) is 0 Å². The summed E-state index contributed by atoms with van der Waals surface area (Å²) in [6.07, 6.45) is 4.92. The van der Waals surface area contributed by atoms with Gasteiger partial charge in [0.25, 0.3) is 0 Å². The minimum atomic E-state index is 0.946. The van der Waals surface area contributed by atoms with Crippen LogP contribution in [-0.2, 0) is 12.8 Å². The van der Waals surface area contributed by atoms with Gasteiger partial charge >= 0.3 is 0 Å². The van der Waals surface area contributed by atoms with Crippen molar-refractivity contribution >= 4 is 10.9 Å². The van der Waals surface area contributed by atoms with Crippen LogP contribution in [0.3, 0.4) is 0 Å². The van der Waals surface area contributed by atoms with Gasteiger partial charge in [0.1, 0.15) is 5.75 Å². The number of ether oxygens (including phenoxy) is 1. The molecule has 0 saturated heterocycles. The molecule has 0 radical (unpaired) electrons. The highest BCUT2D eigenvalue weighted by atomic mass is 16.5. The summed E-state index contributed by atoms with van der Waals surface area (Å²) in [4.78, 5) is 0. The van der Waals surface area contributed by atoms with Gasteiger partial charge in [-0.1, -0.05) is 17.7 Å². The average Bonchev–Trinajstić information content (AvgIpc) is 2.89. The quantitative estimate of drug-likeness (QED) is 0.660. The van der Waals surface area contributed by atoms with Crippen LogP contribution < -0.4 is 4.74 Å². The molecule has 0 unspecified atom stereocenters. The minimum absolute atomic E-state index is 0.946. The third-order valence-corrected chi connectivity index (χ3v) is 4.77. The third-order valence-electron chi connectivity index (χ3n) is 4.77. The standard InChI is InChI=1S/C20H21NO/c1-14-7-9-15(10-8-14)21-19-6-4-3-5-17(19)18-13-16(22-2)11-12-20(18)21/h7-13H,3-6H2,1-2H3. The Morgan fingerprint density at radius 3 is 2.50 bits per heavy atom. The molecule has 3 aromatic rings. The third kappa shape index (κ3) is 2.02. The van der Waals surface area contributed by atoms with Crippen LogP contribution in [0.25, 0.3) is 16.6 Å². The molecule has 0 bridgehead atoms. The first-order valence-corrected chi connectivity index (χ1v) is 8.05. The van der Waals surface area contributed by atoms with Crippen molar-refractivity contribution in [3.63, 3.8) is 0 Å². The van der Waals surface area contributed by atoms with Gasteiger partial charge in [-0.25, -0.2) is 0 Å². The van der Waals surface area contributed by atoms with Crippen LogP contribution in [0.2, 0.25) is 0 Å². The van der Waals surface area contributed by atoms with Crippen LogP contribution in [-0.4, -0.2) is 11.7 Å². The van der Waals surface area contributed by atoms with Crippen LogP contribution in [0, 0.1) is 6.92 Å². The second-order valence-corrected chi connectivity index (χ2v) is 6.19. The van der Waals surface area contributed by atoms with Gasteiger partial charge in [0.2, 0.25) is 0 Å². The maximum absolute atomic E-state index is 5.43. The predicted molar refractivity (Wildman–Crippen MR) is 91.2 cm³/mol. The van der Waals surface area contributed by atoms with Gasteiger partial charge in [-0.3, -0.25) is 0 Å². The molecule has 0 N–H and O–H groups in total. The zero-order chi connectivity index (χ0) is 15.1. The number of hydrogen-bond donors (Lipinski definition) is 0. The smallest absolute Gasteiger partial charge is 0.119 e. The van der Waals surface area contributed by atoms with Crippen molar-refractivity contribution in [2.24, 2.45) is 0 Å². The summed E-state index contributed by atoms with van der Waals surface area (Å²) in [7, 11) is 1.74. The van der Waals surface area contributed by atoms with Crippen LogP contribution in [0.4, 0.5) is 0 Å². The zero-order valence-corrected chi connectivity index (χ0v) is 13.2. The number of aromatic nitrogens is 1. The number of methoxy groups -OCH3 is 1. The van der Waals surface area contributed by atoms with Gasteiger partial charge in [0, 0.05) is 16.8 Å². The highest BCUT2D eigenvalue weighted by Gasteiger charge is 2.21. The molecule has 0 saturated carbocycles. The summed E-state index contributed by atoms with van der Waals surface area (Å²) < 4.78 is 7.88. The molecule has 4 rings (SSSR count). The van der Waals surface area contributed by atoms with Gasteiger partial charge in [-0.15, -0.1) is 0 Å². The van der Waals surface area contributed by atoms with Crippen molar-refractivity contribution < 1.29 is 4.74 Å². The zero-order valence-electron chi connectivity index (χ0n) is 13.2. The lowest BCUT2D eigenvalue weighted by Gasteiger charge is -2.16. The summed E-state index contributed by atoms with van der Waals surface area (Å²) in [5, 5.41) is 1.36. The van der Waals surface area contributed by atoms with Gasteiger partial charge in [-0.2, -0.15) is 0 Å². The van der Waals surface area contributed by atoms with Crippen molar-refractivity contribution in [1.82, 2.24) is 4.57 Å². The second kappa shape index (κ2) is 5.20. The van der Waals surface area contributed by atoms with Crippen molar-refractivity contribution in [2.45, 2.75) is 32.6 Å². The van der Waals surface area contributed by atoms with Gasteiger partial charge in [0.15, 0.2) is 0 Å². The Hall–Kier alpha value is -2.22. The van der Waals surface area contributed by atoms with Gasteiger partial charge in [-0.05, 0) is 68.5 Å². The molecule has 1 aliphatic carbocycles. The van der Waals surface area contributed by atoms with E-state index < -0.39 is 0 Å². The van der Waals surface area contributed by atoms with E-state index in [9.17, 15) is 0 Å². The van der Waals surface area contributed by atoms with Gasteiger partial charge < -0.3 is 9.30 Å². The molecule has 2 heteroatoms. The summed E-state index contributed by atoms with van der Waals surface area (Å²) in [5.74, 6) is 0.946. The Morgan fingerprint density at radius 1 is 0.955 bits per heavy atom. The lowest BCUT2D eigenvalue weighted by atomic mass is 9.95. The molecular formula is C20H21NO. The van der Waals surface area contributed by atoms with E-state index in [1.54, 1.807) is 7.11 Å². The summed E-state index contributed by atoms with van der Waals surface area (Å²) >= 11 is 0. The van der Waals surface area contributed by atoms with Crippen molar-refractivity contribution in [2.75, 3.05) is 7.11 Å². The van der Waals surface area contributed by atoms with E-state index in [4.69, 9.17) is 4.74 Å². The first-order chi connectivity index (χ1) is 10.8. The van der Waals surface area contributed by atoms with Gasteiger partial charge in [0.05, 0.1) is 12.6 Å². The number of aryl methyl sites for hydroxylation is 2. The number of benzene rings is 2. The van der Waals surface area contributed by atoms with E-state index in [0.717, 1.165) is 5.75 Å². The fourth-order valence-corrected chi connectivity index (χ4v) is 3.64. The lowest BCUT2D eigenvalue weighted by Crippen LogP contribution is -2.06. The summed E-state index contributed by atoms with van der Waals surface area (Å²) in [6, 6.07) is 15.3. The van der Waals surface area contributed by atoms with E-state index in [1.165, 1.54) is 59.1 Å². The summed E-state index contributed by atoms with van der Waals surface area (Å²) in [6.45, 7) is 2.14. The first-order valence-electron chi connectivity index (χ1n) is 8.05. The van der Waals surface area contributed by atoms with Crippen molar-refractivity contribution in [1.29, 1.82) is 0 Å². The van der Waals surface area contributed by atoms with Crippen LogP contribution in [0.1, 0.15) is 29.7 Å². The first kappa shape index (κ1) is 13.4. The molecule has 1 heterocycles. The molecule has 2 nitrogen and oxygen atoms in total. The Balaban J connectivity index is 2.02. The average molecular weight is 291 g/mol. The van der Waals surface area contributed by atoms with Crippen molar-refractivity contribution in [3.8, 4) is 11.4 Å².